The SMILES string of the molecule is Cl.[Li][c]1cccs1. The fourth-order valence-electron chi connectivity index (χ4n) is 0.361. The van der Waals surface area contributed by atoms with Crippen molar-refractivity contribution < 1.29 is 0 Å². The molecule has 0 saturated carbocycles. The van der Waals surface area contributed by atoms with Crippen LogP contribution >= 0.6 is 23.7 Å². The van der Waals surface area contributed by atoms with Crippen LogP contribution in [0.4, 0.5) is 0 Å². The Morgan fingerprint density at radius 3 is 2.43 bits per heavy atom. The Hall–Kier alpha value is 0.587. The van der Waals surface area contributed by atoms with Crippen LogP contribution in [0.15, 0.2) is 17.5 Å². The monoisotopic (exact) mass is 126 g/mol. The van der Waals surface area contributed by atoms with Crippen molar-refractivity contribution >= 4 is 45.0 Å². The number of thiophene rings is 1. The summed E-state index contributed by atoms with van der Waals surface area (Å²) in [6.07, 6.45) is 0. The van der Waals surface area contributed by atoms with Gasteiger partial charge < -0.3 is 0 Å². The summed E-state index contributed by atoms with van der Waals surface area (Å²) in [7, 11) is 0. The molecule has 0 N–H and O–H groups in total. The van der Waals surface area contributed by atoms with E-state index in [1.807, 2.05) is 0 Å². The molecule has 0 atom stereocenters. The summed E-state index contributed by atoms with van der Waals surface area (Å²) in [4.78, 5) is 0. The molecule has 0 bridgehead atoms. The van der Waals surface area contributed by atoms with Crippen LogP contribution in [0.5, 0.6) is 0 Å². The molecular weight excluding hydrogens is 123 g/mol. The first kappa shape index (κ1) is 7.59. The number of rotatable bonds is 0. The Bertz CT molecular complexity index is 115. The molecular formula is C4H4ClLiS. The summed E-state index contributed by atoms with van der Waals surface area (Å²) in [6, 6.07) is 4.16. The molecule has 3 heteroatoms. The van der Waals surface area contributed by atoms with E-state index in [0.29, 0.717) is 0 Å². The van der Waals surface area contributed by atoms with Gasteiger partial charge in [0.25, 0.3) is 0 Å². The third-order valence-electron chi connectivity index (χ3n) is 0.663. The Kier molecular flexibility index (Phi) is 3.87. The fourth-order valence-corrected chi connectivity index (χ4v) is 0.890. The van der Waals surface area contributed by atoms with Crippen molar-refractivity contribution in [2.75, 3.05) is 0 Å². The topological polar surface area (TPSA) is 0 Å². The van der Waals surface area contributed by atoms with Gasteiger partial charge in [0.2, 0.25) is 0 Å². The van der Waals surface area contributed by atoms with Crippen molar-refractivity contribution in [1.82, 2.24) is 0 Å². The van der Waals surface area contributed by atoms with Crippen molar-refractivity contribution in [3.63, 3.8) is 0 Å². The Morgan fingerprint density at radius 2 is 2.29 bits per heavy atom. The Morgan fingerprint density at radius 1 is 1.57 bits per heavy atom. The maximum absolute atomic E-state index is 2.10. The molecule has 1 aromatic heterocycles. The molecule has 1 aromatic rings. The second kappa shape index (κ2) is 3.57. The summed E-state index contributed by atoms with van der Waals surface area (Å²) in [6.45, 7) is 0. The second-order valence-electron chi connectivity index (χ2n) is 1.22. The van der Waals surface area contributed by atoms with Crippen molar-refractivity contribution in [3.8, 4) is 0 Å². The molecule has 0 aromatic carbocycles. The average molecular weight is 127 g/mol. The number of hydrogen-bond acceptors (Lipinski definition) is 1. The van der Waals surface area contributed by atoms with Crippen LogP contribution < -0.4 is 3.55 Å². The van der Waals surface area contributed by atoms with E-state index in [1.54, 1.807) is 11.3 Å². The molecule has 0 unspecified atom stereocenters. The minimum absolute atomic E-state index is 0. The van der Waals surface area contributed by atoms with Crippen LogP contribution in [0.25, 0.3) is 0 Å². The first-order valence-electron chi connectivity index (χ1n) is 1.90. The molecule has 0 radical (unpaired) electrons. The van der Waals surface area contributed by atoms with E-state index in [0.717, 1.165) is 0 Å². The van der Waals surface area contributed by atoms with Crippen LogP contribution in [0.1, 0.15) is 0 Å². The molecule has 0 nitrogen and oxygen atoms in total. The van der Waals surface area contributed by atoms with Gasteiger partial charge in [-0.15, -0.1) is 12.4 Å². The predicted molar refractivity (Wildman–Crippen MR) is 37.0 cm³/mol. The number of hydrogen-bond donors (Lipinski definition) is 0. The van der Waals surface area contributed by atoms with Crippen LogP contribution in [0.3, 0.4) is 0 Å². The third-order valence-corrected chi connectivity index (χ3v) is 1.46. The molecule has 0 aliphatic rings. The van der Waals surface area contributed by atoms with E-state index in [-0.39, 0.29) is 12.4 Å². The summed E-state index contributed by atoms with van der Waals surface area (Å²) >= 11 is 3.88. The van der Waals surface area contributed by atoms with Gasteiger partial charge in [-0.25, -0.2) is 0 Å². The van der Waals surface area contributed by atoms with Crippen molar-refractivity contribution in [1.29, 1.82) is 0 Å². The van der Waals surface area contributed by atoms with E-state index in [1.165, 1.54) is 3.55 Å². The van der Waals surface area contributed by atoms with Gasteiger partial charge in [0.1, 0.15) is 0 Å². The van der Waals surface area contributed by atoms with Gasteiger partial charge in [-0.05, 0) is 0 Å². The van der Waals surface area contributed by atoms with Crippen LogP contribution in [-0.4, -0.2) is 17.7 Å². The van der Waals surface area contributed by atoms with Crippen molar-refractivity contribution in [2.24, 2.45) is 0 Å². The molecule has 0 fully saturated rings. The van der Waals surface area contributed by atoms with Crippen molar-refractivity contribution in [3.05, 3.63) is 17.5 Å². The van der Waals surface area contributed by atoms with Crippen LogP contribution in [-0.2, 0) is 0 Å². The van der Waals surface area contributed by atoms with E-state index in [4.69, 9.17) is 0 Å². The molecule has 1 rings (SSSR count). The van der Waals surface area contributed by atoms with Crippen LogP contribution in [0, 0.1) is 0 Å². The predicted octanol–water partition coefficient (Wildman–Crippen LogP) is 0.964. The summed E-state index contributed by atoms with van der Waals surface area (Å²) in [5, 5.41) is 2.08. The first-order chi connectivity index (χ1) is 2.89. The fraction of sp³-hybridized carbons (Fsp3) is 0. The quantitative estimate of drug-likeness (QED) is 0.455. The molecule has 0 aliphatic carbocycles. The van der Waals surface area contributed by atoms with Gasteiger partial charge in [0.15, 0.2) is 0 Å². The standard InChI is InChI=1S/C4H3S.ClH.Li/c1-2-4-5-3-1;;/h1-3H;1H;. The van der Waals surface area contributed by atoms with Gasteiger partial charge in [0, 0.05) is 0 Å². The van der Waals surface area contributed by atoms with Crippen LogP contribution in [0.2, 0.25) is 0 Å². The van der Waals surface area contributed by atoms with E-state index in [9.17, 15) is 0 Å². The average Bonchev–Trinajstić information content (AvgIpc) is 1.86. The zero-order valence-corrected chi connectivity index (χ0v) is 5.68. The van der Waals surface area contributed by atoms with Gasteiger partial charge in [-0.3, -0.25) is 0 Å². The first-order valence-corrected chi connectivity index (χ1v) is 2.77. The molecule has 34 valence electrons. The third kappa shape index (κ3) is 2.41. The van der Waals surface area contributed by atoms with E-state index < -0.39 is 0 Å². The molecule has 1 heterocycles. The second-order valence-corrected chi connectivity index (χ2v) is 2.38. The summed E-state index contributed by atoms with van der Waals surface area (Å²) in [5.74, 6) is 0. The van der Waals surface area contributed by atoms with Crippen molar-refractivity contribution in [2.45, 2.75) is 0 Å². The normalized spacial score (nSPS) is 7.71. The maximum atomic E-state index is 2.10. The molecule has 7 heavy (non-hydrogen) atoms. The Balaban J connectivity index is 0.000000360. The molecule has 0 aliphatic heterocycles. The minimum atomic E-state index is 0. The summed E-state index contributed by atoms with van der Waals surface area (Å²) in [5.41, 5.74) is 0. The zero-order valence-electron chi connectivity index (χ0n) is 4.05. The number of halogens is 1. The molecule has 0 spiro atoms. The zero-order chi connectivity index (χ0) is 4.41. The van der Waals surface area contributed by atoms with Gasteiger partial charge in [-0.1, -0.05) is 0 Å². The van der Waals surface area contributed by atoms with Gasteiger partial charge in [0.05, 0.1) is 0 Å². The van der Waals surface area contributed by atoms with Gasteiger partial charge in [-0.2, -0.15) is 0 Å². The van der Waals surface area contributed by atoms with E-state index >= 15 is 0 Å². The summed E-state index contributed by atoms with van der Waals surface area (Å²) < 4.78 is 1.38. The van der Waals surface area contributed by atoms with Gasteiger partial charge >= 0.3 is 50.1 Å². The molecule has 0 amide bonds. The van der Waals surface area contributed by atoms with E-state index in [2.05, 4.69) is 35.2 Å². The molecule has 0 saturated heterocycles. The Labute approximate surface area is 62.5 Å².